The van der Waals surface area contributed by atoms with Crippen molar-refractivity contribution >= 4 is 28.9 Å². The van der Waals surface area contributed by atoms with E-state index in [0.29, 0.717) is 34.4 Å². The first-order chi connectivity index (χ1) is 15.2. The topological polar surface area (TPSA) is 72.0 Å². The molecule has 0 bridgehead atoms. The highest BCUT2D eigenvalue weighted by Crippen LogP contribution is 2.45. The van der Waals surface area contributed by atoms with Crippen LogP contribution < -0.4 is 10.2 Å². The van der Waals surface area contributed by atoms with Crippen molar-refractivity contribution in [3.05, 3.63) is 69.1 Å². The maximum atomic E-state index is 13.6. The predicted octanol–water partition coefficient (Wildman–Crippen LogP) is 6.12. The largest absolute Gasteiger partial charge is 0.507 e. The molecule has 0 amide bonds. The van der Waals surface area contributed by atoms with Crippen LogP contribution in [0, 0.1) is 0 Å². The molecule has 5 nitrogen and oxygen atoms in total. The van der Waals surface area contributed by atoms with Crippen LogP contribution in [0.2, 0.25) is 0 Å². The average molecular weight is 428 g/mol. The third-order valence-electron chi connectivity index (χ3n) is 5.94. The van der Waals surface area contributed by atoms with Crippen molar-refractivity contribution in [1.82, 2.24) is 0 Å². The number of aliphatic imine (C=N–C) groups is 1. The fourth-order valence-electron chi connectivity index (χ4n) is 4.23. The molecule has 32 heavy (non-hydrogen) atoms. The smallest absolute Gasteiger partial charge is 0.204 e. The van der Waals surface area contributed by atoms with Gasteiger partial charge in [-0.05, 0) is 69.5 Å². The van der Waals surface area contributed by atoms with Gasteiger partial charge in [0.25, 0.3) is 0 Å². The summed E-state index contributed by atoms with van der Waals surface area (Å²) < 4.78 is 12.2. The van der Waals surface area contributed by atoms with Crippen molar-refractivity contribution in [2.75, 3.05) is 0 Å². The van der Waals surface area contributed by atoms with Gasteiger partial charge in [-0.15, -0.1) is 0 Å². The molecule has 1 aromatic heterocycles. The van der Waals surface area contributed by atoms with Crippen molar-refractivity contribution in [3.63, 3.8) is 0 Å². The molecule has 0 saturated heterocycles. The Kier molecular flexibility index (Phi) is 4.59. The molecule has 5 heteroatoms. The number of hydrogen-bond acceptors (Lipinski definition) is 5. The Morgan fingerprint density at radius 3 is 2.88 bits per heavy atom. The van der Waals surface area contributed by atoms with Crippen LogP contribution >= 0.6 is 0 Å². The Bertz CT molecular complexity index is 1420. The summed E-state index contributed by atoms with van der Waals surface area (Å²) in [6, 6.07) is 5.74. The molecule has 0 spiro atoms. The minimum absolute atomic E-state index is 0.0811. The van der Waals surface area contributed by atoms with E-state index < -0.39 is 5.60 Å². The molecule has 0 unspecified atom stereocenters. The number of nitrogens with zero attached hydrogens (tertiary/aromatic N) is 1. The van der Waals surface area contributed by atoms with Crippen LogP contribution in [0.25, 0.3) is 28.2 Å². The summed E-state index contributed by atoms with van der Waals surface area (Å²) in [5.74, 6) is 0.480. The van der Waals surface area contributed by atoms with E-state index in [9.17, 15) is 9.90 Å². The first kappa shape index (κ1) is 20.3. The van der Waals surface area contributed by atoms with Crippen LogP contribution in [-0.4, -0.2) is 16.9 Å². The lowest BCUT2D eigenvalue weighted by molar-refractivity contribution is 0.157. The third kappa shape index (κ3) is 3.25. The molecule has 5 rings (SSSR count). The Morgan fingerprint density at radius 2 is 2.09 bits per heavy atom. The average Bonchev–Trinajstić information content (AvgIpc) is 3.20. The lowest BCUT2D eigenvalue weighted by atomic mass is 9.93. The molecule has 0 aliphatic carbocycles. The van der Waals surface area contributed by atoms with Crippen LogP contribution in [0.15, 0.2) is 56.4 Å². The van der Waals surface area contributed by atoms with Crippen LogP contribution in [0.1, 0.15) is 44.4 Å². The van der Waals surface area contributed by atoms with E-state index in [1.165, 1.54) is 6.26 Å². The summed E-state index contributed by atoms with van der Waals surface area (Å²) in [5, 5.41) is 11.5. The van der Waals surface area contributed by atoms with Crippen molar-refractivity contribution in [3.8, 4) is 22.6 Å². The molecule has 3 aromatic rings. The first-order valence-corrected chi connectivity index (χ1v) is 10.8. The van der Waals surface area contributed by atoms with E-state index in [2.05, 4.69) is 4.99 Å². The van der Waals surface area contributed by atoms with Gasteiger partial charge in [0.2, 0.25) is 5.43 Å². The molecule has 2 aromatic carbocycles. The van der Waals surface area contributed by atoms with E-state index >= 15 is 0 Å². The fourth-order valence-corrected chi connectivity index (χ4v) is 4.23. The van der Waals surface area contributed by atoms with Gasteiger partial charge in [-0.2, -0.15) is 0 Å². The highest BCUT2D eigenvalue weighted by Gasteiger charge is 2.30. The Labute approximate surface area is 186 Å². The van der Waals surface area contributed by atoms with Gasteiger partial charge in [0.05, 0.1) is 16.8 Å². The first-order valence-electron chi connectivity index (χ1n) is 10.8. The number of benzene rings is 2. The zero-order valence-electron chi connectivity index (χ0n) is 18.7. The number of phenols is 1. The van der Waals surface area contributed by atoms with Crippen molar-refractivity contribution < 1.29 is 14.3 Å². The molecule has 2 aliphatic rings. The molecule has 2 aliphatic heterocycles. The Morgan fingerprint density at radius 1 is 1.28 bits per heavy atom. The zero-order chi connectivity index (χ0) is 22.6. The maximum Gasteiger partial charge on any atom is 0.204 e. The predicted molar refractivity (Wildman–Crippen MR) is 128 cm³/mol. The summed E-state index contributed by atoms with van der Waals surface area (Å²) >= 11 is 0. The number of fused-ring (bicyclic) bond motifs is 4. The molecular formula is C27H25NO4. The van der Waals surface area contributed by atoms with Gasteiger partial charge in [0.15, 0.2) is 5.58 Å². The Balaban J connectivity index is 1.78. The zero-order valence-corrected chi connectivity index (χ0v) is 18.7. The van der Waals surface area contributed by atoms with Crippen molar-refractivity contribution in [2.24, 2.45) is 4.99 Å². The number of ether oxygens (including phenoxy) is 1. The van der Waals surface area contributed by atoms with Gasteiger partial charge in [-0.1, -0.05) is 17.7 Å². The number of phenolic OH excluding ortho intramolecular Hbond substituents is 1. The van der Waals surface area contributed by atoms with Gasteiger partial charge >= 0.3 is 0 Å². The van der Waals surface area contributed by atoms with Crippen LogP contribution in [-0.2, 0) is 12.8 Å². The molecule has 3 heterocycles. The third-order valence-corrected chi connectivity index (χ3v) is 5.94. The summed E-state index contributed by atoms with van der Waals surface area (Å²) in [5.41, 5.74) is 5.09. The second-order valence-electron chi connectivity index (χ2n) is 9.14. The normalized spacial score (nSPS) is 15.4. The molecule has 1 N–H and O–H groups in total. The lowest BCUT2D eigenvalue weighted by Crippen LogP contribution is -2.28. The molecule has 0 saturated carbocycles. The number of rotatable bonds is 3. The van der Waals surface area contributed by atoms with E-state index in [1.54, 1.807) is 0 Å². The van der Waals surface area contributed by atoms with E-state index in [0.717, 1.165) is 28.8 Å². The second-order valence-corrected chi connectivity index (χ2v) is 9.14. The number of aromatic hydroxyl groups is 1. The van der Waals surface area contributed by atoms with Crippen LogP contribution in [0.4, 0.5) is 5.69 Å². The molecule has 0 fully saturated rings. The summed E-state index contributed by atoms with van der Waals surface area (Å²) in [6.45, 7) is 7.91. The standard InChI is InChI=1S/C27H25NO4/c1-15(2)5-7-18-23(29)22-24(30)20(16-6-8-21-17(13-16)10-12-28-21)14-31-26(22)19-9-11-27(3,4)32-25(18)19/h5-6,8-9,11-14,29H,7,10H2,1-4H3. The van der Waals surface area contributed by atoms with Gasteiger partial charge in [-0.25, -0.2) is 0 Å². The lowest BCUT2D eigenvalue weighted by Gasteiger charge is -2.30. The minimum Gasteiger partial charge on any atom is -0.507 e. The van der Waals surface area contributed by atoms with Crippen LogP contribution in [0.3, 0.4) is 0 Å². The van der Waals surface area contributed by atoms with Crippen molar-refractivity contribution in [1.29, 1.82) is 0 Å². The van der Waals surface area contributed by atoms with Crippen molar-refractivity contribution in [2.45, 2.75) is 46.1 Å². The van der Waals surface area contributed by atoms with E-state index in [4.69, 9.17) is 9.15 Å². The number of hydrogen-bond donors (Lipinski definition) is 1. The SMILES string of the molecule is CC(C)=CCc1c2c(c3occ(-c4ccc5c(c4)CC=N5)c(=O)c3c1O)C=CC(C)(C)O2. The molecular weight excluding hydrogens is 402 g/mol. The van der Waals surface area contributed by atoms with Gasteiger partial charge in [0, 0.05) is 18.2 Å². The molecule has 0 atom stereocenters. The van der Waals surface area contributed by atoms with E-state index in [1.807, 2.05) is 70.3 Å². The maximum absolute atomic E-state index is 13.6. The minimum atomic E-state index is -0.528. The van der Waals surface area contributed by atoms with E-state index in [-0.39, 0.29) is 16.6 Å². The van der Waals surface area contributed by atoms with Gasteiger partial charge in [-0.3, -0.25) is 9.79 Å². The fraction of sp³-hybridized carbons (Fsp3) is 0.259. The van der Waals surface area contributed by atoms with Gasteiger partial charge in [0.1, 0.15) is 28.7 Å². The second kappa shape index (κ2) is 7.23. The summed E-state index contributed by atoms with van der Waals surface area (Å²) in [6.07, 6.45) is 10.4. The summed E-state index contributed by atoms with van der Waals surface area (Å²) in [7, 11) is 0. The Hall–Kier alpha value is -3.60. The summed E-state index contributed by atoms with van der Waals surface area (Å²) in [4.78, 5) is 18.0. The molecule has 0 radical (unpaired) electrons. The van der Waals surface area contributed by atoms with Gasteiger partial charge < -0.3 is 14.3 Å². The quantitative estimate of drug-likeness (QED) is 0.511. The monoisotopic (exact) mass is 427 g/mol. The highest BCUT2D eigenvalue weighted by atomic mass is 16.5. The number of allylic oxidation sites excluding steroid dienone is 2. The molecule has 162 valence electrons. The van der Waals surface area contributed by atoms with Crippen LogP contribution in [0.5, 0.6) is 11.5 Å². The highest BCUT2D eigenvalue weighted by molar-refractivity contribution is 5.97.